The maximum atomic E-state index is 10.2. The molecule has 57 heavy (non-hydrogen) atoms. The maximum absolute atomic E-state index is 10.2. The minimum absolute atomic E-state index is 0.00326. The molecule has 1 atom stereocenters. The Balaban J connectivity index is 1.36. The molecule has 1 unspecified atom stereocenters. The Labute approximate surface area is 376 Å². The van der Waals surface area contributed by atoms with Crippen LogP contribution in [0, 0.1) is 0 Å². The summed E-state index contributed by atoms with van der Waals surface area (Å²) in [5.74, 6) is 0. The van der Waals surface area contributed by atoms with Crippen molar-refractivity contribution in [3.05, 3.63) is 233 Å². The van der Waals surface area contributed by atoms with Gasteiger partial charge in [0.05, 0.1) is 52.2 Å². The Hall–Kier alpha value is -6.96. The number of fused-ring (bicyclic) bond motifs is 15. The maximum Gasteiger partial charge on any atom is 0.0732 e. The summed E-state index contributed by atoms with van der Waals surface area (Å²) in [6.45, 7) is 3.08. The molecule has 0 radical (unpaired) electrons. The predicted octanol–water partition coefficient (Wildman–Crippen LogP) is 14.6. The smallest absolute Gasteiger partial charge is 0.0732 e. The van der Waals surface area contributed by atoms with Gasteiger partial charge in [0.1, 0.15) is 0 Å². The van der Waals surface area contributed by atoms with Crippen LogP contribution in [0.4, 0.5) is 17.1 Å². The van der Waals surface area contributed by atoms with Gasteiger partial charge in [0.15, 0.2) is 0 Å². The highest BCUT2D eigenvalue weighted by atomic mass is 15.1. The van der Waals surface area contributed by atoms with E-state index in [0.29, 0.717) is 0 Å². The van der Waals surface area contributed by atoms with E-state index in [4.69, 9.17) is 16.4 Å². The van der Waals surface area contributed by atoms with Gasteiger partial charge in [-0.2, -0.15) is 0 Å². The molecule has 0 heterocycles. The molecule has 3 aliphatic carbocycles. The number of anilines is 3. The van der Waals surface area contributed by atoms with Gasteiger partial charge in [0.2, 0.25) is 0 Å². The van der Waals surface area contributed by atoms with Crippen LogP contribution in [-0.4, -0.2) is 0 Å². The molecule has 1 heteroatoms. The first-order valence-corrected chi connectivity index (χ1v) is 17.7. The van der Waals surface area contributed by atoms with Crippen molar-refractivity contribution >= 4 is 27.8 Å². The second kappa shape index (κ2) is 11.8. The fourth-order valence-electron chi connectivity index (χ4n) is 8.66. The summed E-state index contributed by atoms with van der Waals surface area (Å²) in [7, 11) is 0. The van der Waals surface area contributed by atoms with Crippen molar-refractivity contribution in [1.29, 1.82) is 0 Å². The Morgan fingerprint density at radius 3 is 1.89 bits per heavy atom. The zero-order valence-electron chi connectivity index (χ0n) is 59.7. The van der Waals surface area contributed by atoms with Crippen molar-refractivity contribution in [2.45, 2.75) is 24.7 Å². The molecule has 9 aromatic rings. The zero-order valence-corrected chi connectivity index (χ0v) is 29.7. The summed E-state index contributed by atoms with van der Waals surface area (Å²) < 4.78 is 279. The summed E-state index contributed by atoms with van der Waals surface area (Å²) in [6, 6.07) is -22.9. The summed E-state index contributed by atoms with van der Waals surface area (Å²) in [4.78, 5) is 0.755. The number of nitrogens with zero attached hydrogens (tertiary/aromatic N) is 1. The highest BCUT2D eigenvalue weighted by Gasteiger charge is 2.53. The zero-order chi connectivity index (χ0) is 64.0. The lowest BCUT2D eigenvalue weighted by atomic mass is 9.69. The van der Waals surface area contributed by atoms with E-state index in [0.717, 1.165) is 17.0 Å². The van der Waals surface area contributed by atoms with Gasteiger partial charge in [-0.25, -0.2) is 0 Å². The Bertz CT molecular complexity index is 4800. The van der Waals surface area contributed by atoms with Crippen molar-refractivity contribution in [1.82, 2.24) is 0 Å². The predicted molar refractivity (Wildman–Crippen MR) is 238 cm³/mol. The number of benzene rings is 9. The standard InChI is InChI=1S/C56H39N/c1-55(2)47-22-11-8-19-42(47)44-34-32-40(35-51(44)55)57(39-30-27-37(28-31-39)36-15-4-3-5-16-36)52-26-14-25-50-53(52)46-21-10-13-24-49(46)56(50)48-23-12-9-20-43(48)45-33-29-38-17-6-7-18-41(38)54(45)56/h3-35H,1-2H3/i3D,4D,5D,6D,7D,8D,9D,10D,11D,12D,13D,14D,15D,16D,17D,18D,19D,20D,22D,23D,25D,26D,27D,28D,29D,30D,31D,32D,33D,34D. The lowest BCUT2D eigenvalue weighted by molar-refractivity contribution is 0.660. The molecular weight excluding hydrogens is 687 g/mol. The molecule has 1 spiro atoms. The van der Waals surface area contributed by atoms with Crippen LogP contribution in [0.1, 0.15) is 88.4 Å². The molecule has 3 aliphatic rings. The van der Waals surface area contributed by atoms with Gasteiger partial charge in [0, 0.05) is 22.4 Å². The first kappa shape index (κ1) is 14.5. The SMILES string of the molecule is [2H]c1cc2c(cc1[2H])C1(c3c([2H])c([2H])c([2H])c([2H])c3-c3c([2H])c([2H])c4c([2H])c([2H])c([2H])c([2H])c4c31)c1c([2H])c([2H])c([2H])c(N(c3cc4c(c([2H])c3[2H])-c3c([2H])c([2H])c([2H])c([2H])c3C4(C)C)c3c([2H])c([2H])c(-c4c([2H])c([2H])c([2H])c([2H])c4[2H])c([2H])c3[2H])c1-2. The van der Waals surface area contributed by atoms with Crippen LogP contribution in [0.5, 0.6) is 0 Å². The van der Waals surface area contributed by atoms with Crippen LogP contribution in [-0.2, 0) is 10.8 Å². The van der Waals surface area contributed by atoms with Gasteiger partial charge in [-0.05, 0) is 113 Å². The normalized spacial score (nSPS) is 23.5. The van der Waals surface area contributed by atoms with Crippen molar-refractivity contribution in [2.75, 3.05) is 4.90 Å². The minimum atomic E-state index is -2.72. The van der Waals surface area contributed by atoms with Crippen LogP contribution < -0.4 is 4.90 Å². The van der Waals surface area contributed by atoms with Crippen molar-refractivity contribution in [3.63, 3.8) is 0 Å². The van der Waals surface area contributed by atoms with E-state index in [9.17, 15) is 24.7 Å². The number of rotatable bonds is 4. The third kappa shape index (κ3) is 4.29. The third-order valence-electron chi connectivity index (χ3n) is 11.0. The number of hydrogen-bond acceptors (Lipinski definition) is 1. The molecule has 0 aromatic heterocycles. The highest BCUT2D eigenvalue weighted by molar-refractivity contribution is 6.06. The third-order valence-corrected chi connectivity index (χ3v) is 11.0. The van der Waals surface area contributed by atoms with E-state index >= 15 is 0 Å². The first-order valence-electron chi connectivity index (χ1n) is 32.7. The van der Waals surface area contributed by atoms with E-state index in [-0.39, 0.29) is 33.4 Å². The van der Waals surface area contributed by atoms with Crippen LogP contribution in [0.2, 0.25) is 0 Å². The lowest BCUT2D eigenvalue weighted by Gasteiger charge is -2.33. The van der Waals surface area contributed by atoms with E-state index in [1.54, 1.807) is 0 Å². The molecular formula is C56H39N. The van der Waals surface area contributed by atoms with Gasteiger partial charge in [-0.15, -0.1) is 0 Å². The topological polar surface area (TPSA) is 3.24 Å². The van der Waals surface area contributed by atoms with E-state index in [1.807, 2.05) is 0 Å². The summed E-state index contributed by atoms with van der Waals surface area (Å²) in [5, 5.41) is -1.16. The first-order chi connectivity index (χ1) is 40.5. The van der Waals surface area contributed by atoms with E-state index in [2.05, 4.69) is 0 Å². The van der Waals surface area contributed by atoms with Crippen LogP contribution in [0.15, 0.2) is 199 Å². The molecule has 0 saturated heterocycles. The van der Waals surface area contributed by atoms with Crippen molar-refractivity contribution in [2.24, 2.45) is 0 Å². The Morgan fingerprint density at radius 1 is 0.421 bits per heavy atom. The van der Waals surface area contributed by atoms with Gasteiger partial charge in [-0.1, -0.05) is 183 Å². The van der Waals surface area contributed by atoms with Crippen LogP contribution in [0.3, 0.4) is 0 Å². The van der Waals surface area contributed by atoms with E-state index in [1.165, 1.54) is 19.9 Å². The molecule has 0 N–H and O–H groups in total. The molecule has 268 valence electrons. The monoisotopic (exact) mass is 755 g/mol. The van der Waals surface area contributed by atoms with Crippen LogP contribution >= 0.6 is 0 Å². The second-order valence-electron chi connectivity index (χ2n) is 14.1. The fraction of sp³-hybridized carbons (Fsp3) is 0.0714. The molecule has 0 fully saturated rings. The Morgan fingerprint density at radius 2 is 1.05 bits per heavy atom. The minimum Gasteiger partial charge on any atom is -0.310 e. The lowest BCUT2D eigenvalue weighted by Crippen LogP contribution is -2.26. The largest absolute Gasteiger partial charge is 0.310 e. The molecule has 12 rings (SSSR count). The Kier molecular flexibility index (Phi) is 3.00. The van der Waals surface area contributed by atoms with Gasteiger partial charge < -0.3 is 4.90 Å². The molecule has 0 aliphatic heterocycles. The van der Waals surface area contributed by atoms with E-state index < -0.39 is 264 Å². The quantitative estimate of drug-likeness (QED) is 0.173. The summed E-state index contributed by atoms with van der Waals surface area (Å²) in [6.07, 6.45) is 0. The molecule has 9 aromatic carbocycles. The number of hydrogen-bond donors (Lipinski definition) is 0. The van der Waals surface area contributed by atoms with Gasteiger partial charge in [-0.3, -0.25) is 0 Å². The van der Waals surface area contributed by atoms with Crippen LogP contribution in [0.25, 0.3) is 55.3 Å². The average molecular weight is 756 g/mol. The summed E-state index contributed by atoms with van der Waals surface area (Å²) >= 11 is 0. The molecule has 0 bridgehead atoms. The fourth-order valence-corrected chi connectivity index (χ4v) is 8.66. The van der Waals surface area contributed by atoms with Gasteiger partial charge >= 0.3 is 0 Å². The van der Waals surface area contributed by atoms with Crippen molar-refractivity contribution < 1.29 is 41.1 Å². The molecule has 1 nitrogen and oxygen atoms in total. The average Bonchev–Trinajstić information content (AvgIpc) is 1.49. The second-order valence-corrected chi connectivity index (χ2v) is 14.1. The van der Waals surface area contributed by atoms with Gasteiger partial charge in [0.25, 0.3) is 0 Å². The molecule has 0 saturated carbocycles. The molecule has 0 amide bonds. The van der Waals surface area contributed by atoms with Crippen molar-refractivity contribution in [3.8, 4) is 44.5 Å². The highest BCUT2D eigenvalue weighted by Crippen LogP contribution is 2.66. The summed E-state index contributed by atoms with van der Waals surface area (Å²) in [5.41, 5.74) is -12.5.